The molecule has 2 rings (SSSR count). The maximum Gasteiger partial charge on any atom is 0.344 e. The molecule has 0 bridgehead atoms. The fourth-order valence-corrected chi connectivity index (χ4v) is 2.07. The molecule has 0 unspecified atom stereocenters. The number of ether oxygens (including phenoxy) is 2. The van der Waals surface area contributed by atoms with Crippen LogP contribution >= 0.6 is 23.2 Å². The maximum atomic E-state index is 12.9. The molecule has 0 heterocycles. The predicted octanol–water partition coefficient (Wildman–Crippen LogP) is 3.94. The number of halogens is 3. The Morgan fingerprint density at radius 3 is 2.57 bits per heavy atom. The van der Waals surface area contributed by atoms with Gasteiger partial charge in [0.1, 0.15) is 11.6 Å². The Bertz CT molecular complexity index is 734. The lowest BCUT2D eigenvalue weighted by Crippen LogP contribution is -2.19. The van der Waals surface area contributed by atoms with Crippen LogP contribution < -0.4 is 4.74 Å². The quantitative estimate of drug-likeness (QED) is 0.581. The van der Waals surface area contributed by atoms with Crippen molar-refractivity contribution in [3.8, 4) is 5.75 Å². The van der Waals surface area contributed by atoms with Crippen LogP contribution in [0.4, 0.5) is 4.39 Å². The molecule has 0 aliphatic carbocycles. The van der Waals surface area contributed by atoms with Gasteiger partial charge in [0.25, 0.3) is 0 Å². The summed E-state index contributed by atoms with van der Waals surface area (Å²) in [6.45, 7) is -0.939. The first kappa shape index (κ1) is 17.2. The average Bonchev–Trinajstić information content (AvgIpc) is 2.53. The monoisotopic (exact) mass is 356 g/mol. The fourth-order valence-electron chi connectivity index (χ4n) is 1.68. The normalized spacial score (nSPS) is 10.2. The highest BCUT2D eigenvalue weighted by Crippen LogP contribution is 2.21. The second-order valence-corrected chi connectivity index (χ2v) is 5.30. The van der Waals surface area contributed by atoms with Crippen molar-refractivity contribution in [3.05, 3.63) is 63.9 Å². The third-order valence-electron chi connectivity index (χ3n) is 2.75. The molecule has 0 saturated carbocycles. The molecule has 0 aromatic heterocycles. The molecule has 2 aromatic rings. The molecule has 0 aliphatic heterocycles. The number of hydrogen-bond donors (Lipinski definition) is 0. The van der Waals surface area contributed by atoms with Crippen molar-refractivity contribution in [1.82, 2.24) is 0 Å². The van der Waals surface area contributed by atoms with Crippen LogP contribution in [-0.4, -0.2) is 25.0 Å². The first-order valence-corrected chi connectivity index (χ1v) is 7.23. The molecule has 0 amide bonds. The molecule has 0 N–H and O–H groups in total. The summed E-state index contributed by atoms with van der Waals surface area (Å²) in [5.41, 5.74) is 0.165. The highest BCUT2D eigenvalue weighted by molar-refractivity contribution is 6.36. The Kier molecular flexibility index (Phi) is 5.96. The van der Waals surface area contributed by atoms with Crippen LogP contribution in [-0.2, 0) is 9.53 Å². The molecule has 0 aliphatic rings. The van der Waals surface area contributed by atoms with E-state index in [0.29, 0.717) is 5.02 Å². The van der Waals surface area contributed by atoms with E-state index in [-0.39, 0.29) is 16.3 Å². The minimum atomic E-state index is -0.763. The largest absolute Gasteiger partial charge is 0.482 e. The van der Waals surface area contributed by atoms with Gasteiger partial charge in [-0.3, -0.25) is 4.79 Å². The summed E-state index contributed by atoms with van der Waals surface area (Å²) in [6.07, 6.45) is 0. The summed E-state index contributed by atoms with van der Waals surface area (Å²) >= 11 is 11.7. The van der Waals surface area contributed by atoms with Crippen LogP contribution in [0.15, 0.2) is 42.5 Å². The topological polar surface area (TPSA) is 52.6 Å². The SMILES string of the molecule is O=C(COc1cccc(F)c1)OCC(=O)c1cc(Cl)ccc1Cl. The third-order valence-corrected chi connectivity index (χ3v) is 3.31. The molecule has 0 spiro atoms. The summed E-state index contributed by atoms with van der Waals surface area (Å²) < 4.78 is 22.8. The smallest absolute Gasteiger partial charge is 0.344 e. The summed E-state index contributed by atoms with van der Waals surface area (Å²) in [7, 11) is 0. The lowest BCUT2D eigenvalue weighted by atomic mass is 10.1. The number of carbonyl (C=O) groups is 2. The van der Waals surface area contributed by atoms with Gasteiger partial charge in [0.15, 0.2) is 13.2 Å². The van der Waals surface area contributed by atoms with Gasteiger partial charge in [0.2, 0.25) is 5.78 Å². The number of benzene rings is 2. The number of ketones is 1. The zero-order valence-corrected chi connectivity index (χ0v) is 13.2. The zero-order valence-electron chi connectivity index (χ0n) is 11.7. The fraction of sp³-hybridized carbons (Fsp3) is 0.125. The van der Waals surface area contributed by atoms with E-state index in [1.807, 2.05) is 0 Å². The molecule has 0 atom stereocenters. The van der Waals surface area contributed by atoms with Crippen molar-refractivity contribution in [2.24, 2.45) is 0 Å². The van der Waals surface area contributed by atoms with Crippen molar-refractivity contribution in [1.29, 1.82) is 0 Å². The van der Waals surface area contributed by atoms with E-state index in [4.69, 9.17) is 32.7 Å². The number of rotatable bonds is 6. The Morgan fingerprint density at radius 2 is 1.83 bits per heavy atom. The van der Waals surface area contributed by atoms with E-state index in [0.717, 1.165) is 6.07 Å². The van der Waals surface area contributed by atoms with E-state index in [1.54, 1.807) is 6.07 Å². The Hall–Kier alpha value is -2.11. The molecule has 2 aromatic carbocycles. The summed E-state index contributed by atoms with van der Waals surface area (Å²) in [5, 5.41) is 0.560. The molecular weight excluding hydrogens is 346 g/mol. The first-order chi connectivity index (χ1) is 11.0. The van der Waals surface area contributed by atoms with Crippen molar-refractivity contribution < 1.29 is 23.5 Å². The van der Waals surface area contributed by atoms with Crippen molar-refractivity contribution in [2.75, 3.05) is 13.2 Å². The molecule has 0 radical (unpaired) electrons. The van der Waals surface area contributed by atoms with Gasteiger partial charge in [-0.1, -0.05) is 29.3 Å². The molecular formula is C16H11Cl2FO4. The van der Waals surface area contributed by atoms with Crippen LogP contribution in [0.5, 0.6) is 5.75 Å². The molecule has 4 nitrogen and oxygen atoms in total. The summed E-state index contributed by atoms with van der Waals surface area (Å²) in [5.74, 6) is -1.55. The maximum absolute atomic E-state index is 12.9. The standard InChI is InChI=1S/C16H11Cl2FO4/c17-10-4-5-14(18)13(6-10)15(20)8-23-16(21)9-22-12-3-1-2-11(19)7-12/h1-7H,8-9H2. The van der Waals surface area contributed by atoms with Crippen molar-refractivity contribution in [3.63, 3.8) is 0 Å². The van der Waals surface area contributed by atoms with E-state index in [1.165, 1.54) is 30.3 Å². The lowest BCUT2D eigenvalue weighted by molar-refractivity contribution is -0.144. The van der Waals surface area contributed by atoms with Crippen LogP contribution in [0.25, 0.3) is 0 Å². The lowest BCUT2D eigenvalue weighted by Gasteiger charge is -2.07. The Labute approximate surface area is 141 Å². The van der Waals surface area contributed by atoms with Gasteiger partial charge >= 0.3 is 5.97 Å². The number of hydrogen-bond acceptors (Lipinski definition) is 4. The molecule has 120 valence electrons. The van der Waals surface area contributed by atoms with E-state index >= 15 is 0 Å². The number of carbonyl (C=O) groups excluding carboxylic acids is 2. The van der Waals surface area contributed by atoms with Crippen LogP contribution in [0.2, 0.25) is 10.0 Å². The molecule has 7 heteroatoms. The molecule has 0 fully saturated rings. The second kappa shape index (κ2) is 7.94. The van der Waals surface area contributed by atoms with Crippen LogP contribution in [0.1, 0.15) is 10.4 Å². The van der Waals surface area contributed by atoms with Gasteiger partial charge in [-0.25, -0.2) is 9.18 Å². The highest BCUT2D eigenvalue weighted by Gasteiger charge is 2.14. The average molecular weight is 357 g/mol. The van der Waals surface area contributed by atoms with Gasteiger partial charge < -0.3 is 9.47 Å². The molecule has 23 heavy (non-hydrogen) atoms. The number of Topliss-reactive ketones (excluding diaryl/α,β-unsaturated/α-hetero) is 1. The van der Waals surface area contributed by atoms with Crippen molar-refractivity contribution in [2.45, 2.75) is 0 Å². The summed E-state index contributed by atoms with van der Waals surface area (Å²) in [4.78, 5) is 23.5. The minimum absolute atomic E-state index is 0.165. The zero-order chi connectivity index (χ0) is 16.8. The van der Waals surface area contributed by atoms with Gasteiger partial charge in [-0.05, 0) is 30.3 Å². The van der Waals surface area contributed by atoms with E-state index in [2.05, 4.69) is 0 Å². The van der Waals surface area contributed by atoms with E-state index in [9.17, 15) is 14.0 Å². The van der Waals surface area contributed by atoms with Gasteiger partial charge in [0, 0.05) is 16.7 Å². The Balaban J connectivity index is 1.84. The van der Waals surface area contributed by atoms with Crippen LogP contribution in [0.3, 0.4) is 0 Å². The third kappa shape index (κ3) is 5.23. The van der Waals surface area contributed by atoms with Crippen LogP contribution in [0, 0.1) is 5.82 Å². The minimum Gasteiger partial charge on any atom is -0.482 e. The van der Waals surface area contributed by atoms with Gasteiger partial charge in [0.05, 0.1) is 5.02 Å². The summed E-state index contributed by atoms with van der Waals surface area (Å²) in [6, 6.07) is 9.73. The Morgan fingerprint density at radius 1 is 1.04 bits per heavy atom. The van der Waals surface area contributed by atoms with Gasteiger partial charge in [-0.15, -0.1) is 0 Å². The van der Waals surface area contributed by atoms with E-state index < -0.39 is 30.8 Å². The number of esters is 1. The first-order valence-electron chi connectivity index (χ1n) is 6.48. The predicted molar refractivity (Wildman–Crippen MR) is 83.6 cm³/mol. The second-order valence-electron chi connectivity index (χ2n) is 4.45. The molecule has 0 saturated heterocycles. The van der Waals surface area contributed by atoms with Gasteiger partial charge in [-0.2, -0.15) is 0 Å². The highest BCUT2D eigenvalue weighted by atomic mass is 35.5. The van der Waals surface area contributed by atoms with Crippen molar-refractivity contribution >= 4 is 35.0 Å².